The van der Waals surface area contributed by atoms with Gasteiger partial charge in [-0.05, 0) is 0 Å². The molecule has 0 aliphatic heterocycles. The number of rotatable bonds is 3. The first-order valence-electron chi connectivity index (χ1n) is 4.81. The Kier molecular flexibility index (Phi) is 3.04. The summed E-state index contributed by atoms with van der Waals surface area (Å²) in [6.45, 7) is 0. The second kappa shape index (κ2) is 4.68. The highest BCUT2D eigenvalue weighted by Crippen LogP contribution is 2.00. The average Bonchev–Trinajstić information content (AvgIpc) is 2.38. The van der Waals surface area contributed by atoms with Crippen LogP contribution in [-0.4, -0.2) is 52.5 Å². The van der Waals surface area contributed by atoms with Crippen LogP contribution in [0.3, 0.4) is 0 Å². The Morgan fingerprint density at radius 3 is 1.35 bits per heavy atom. The van der Waals surface area contributed by atoms with E-state index < -0.39 is 46.1 Å². The lowest BCUT2D eigenvalue weighted by molar-refractivity contribution is 0.0670. The number of aromatic nitrogens is 6. The Bertz CT molecular complexity index is 753. The van der Waals surface area contributed by atoms with Crippen LogP contribution in [0.4, 0.5) is 0 Å². The zero-order valence-corrected chi connectivity index (χ0v) is 9.32. The maximum Gasteiger partial charge on any atom is 0.373 e. The van der Waals surface area contributed by atoms with Crippen LogP contribution >= 0.6 is 0 Å². The van der Waals surface area contributed by atoms with Crippen LogP contribution in [0.25, 0.3) is 11.4 Å². The molecule has 0 aliphatic carbocycles. The molecule has 0 amide bonds. The third-order valence-electron chi connectivity index (χ3n) is 2.02. The summed E-state index contributed by atoms with van der Waals surface area (Å²) in [7, 11) is 0. The molecule has 102 valence electrons. The van der Waals surface area contributed by atoms with Crippen molar-refractivity contribution < 1.29 is 19.8 Å². The first-order chi connectivity index (χ1) is 9.40. The molecule has 0 atom stereocenters. The topological polar surface area (TPSA) is 192 Å². The number of hydrogen-bond acceptors (Lipinski definition) is 8. The molecular formula is C8H4N6O6. The van der Waals surface area contributed by atoms with Crippen molar-refractivity contribution in [3.05, 3.63) is 32.4 Å². The molecule has 12 heteroatoms. The highest BCUT2D eigenvalue weighted by Gasteiger charge is 2.18. The van der Waals surface area contributed by atoms with Crippen molar-refractivity contribution in [2.24, 2.45) is 0 Å². The van der Waals surface area contributed by atoms with Crippen LogP contribution in [0.5, 0.6) is 0 Å². The molecule has 0 fully saturated rings. The quantitative estimate of drug-likeness (QED) is 0.475. The van der Waals surface area contributed by atoms with Crippen molar-refractivity contribution in [1.29, 1.82) is 0 Å². The molecule has 0 unspecified atom stereocenters. The van der Waals surface area contributed by atoms with Gasteiger partial charge in [0.1, 0.15) is 0 Å². The number of carboxylic acids is 2. The first kappa shape index (κ1) is 13.0. The summed E-state index contributed by atoms with van der Waals surface area (Å²) in [5.41, 5.74) is -3.22. The lowest BCUT2D eigenvalue weighted by Gasteiger charge is -1.98. The highest BCUT2D eigenvalue weighted by atomic mass is 16.4. The predicted molar refractivity (Wildman–Crippen MR) is 58.2 cm³/mol. The number of nitrogens with one attached hydrogen (secondary N) is 2. The molecule has 2 aromatic rings. The summed E-state index contributed by atoms with van der Waals surface area (Å²) >= 11 is 0. The molecular weight excluding hydrogens is 276 g/mol. The maximum absolute atomic E-state index is 11.6. The zero-order valence-electron chi connectivity index (χ0n) is 9.32. The lowest BCUT2D eigenvalue weighted by Crippen LogP contribution is -2.25. The molecule has 4 N–H and O–H groups in total. The predicted octanol–water partition coefficient (Wildman–Crippen LogP) is -2.29. The Hall–Kier alpha value is -3.44. The third-order valence-corrected chi connectivity index (χ3v) is 2.02. The number of carbonyl (C=O) groups is 2. The maximum atomic E-state index is 11.6. The summed E-state index contributed by atoms with van der Waals surface area (Å²) < 4.78 is 0. The molecule has 20 heavy (non-hydrogen) atoms. The summed E-state index contributed by atoms with van der Waals surface area (Å²) in [4.78, 5) is 48.0. The SMILES string of the molecule is O=C(O)c1nnc(-c2nnc(C(=O)O)[nH]c2=O)c(=O)[nH]1. The van der Waals surface area contributed by atoms with Gasteiger partial charge < -0.3 is 10.2 Å². The van der Waals surface area contributed by atoms with Crippen LogP contribution < -0.4 is 11.1 Å². The second-order valence-electron chi connectivity index (χ2n) is 3.31. The van der Waals surface area contributed by atoms with Crippen molar-refractivity contribution in [2.45, 2.75) is 0 Å². The zero-order chi connectivity index (χ0) is 14.9. The first-order valence-corrected chi connectivity index (χ1v) is 4.81. The van der Waals surface area contributed by atoms with Crippen molar-refractivity contribution in [2.75, 3.05) is 0 Å². The van der Waals surface area contributed by atoms with Crippen molar-refractivity contribution >= 4 is 11.9 Å². The smallest absolute Gasteiger partial charge is 0.373 e. The van der Waals surface area contributed by atoms with Gasteiger partial charge in [0.15, 0.2) is 11.4 Å². The molecule has 2 rings (SSSR count). The van der Waals surface area contributed by atoms with Crippen LogP contribution in [0, 0.1) is 0 Å². The minimum atomic E-state index is -1.51. The molecule has 0 saturated heterocycles. The van der Waals surface area contributed by atoms with Gasteiger partial charge in [-0.25, -0.2) is 9.59 Å². The Labute approximate surface area is 107 Å². The molecule has 0 aromatic carbocycles. The van der Waals surface area contributed by atoms with Crippen LogP contribution in [0.15, 0.2) is 9.59 Å². The third kappa shape index (κ3) is 2.24. The Balaban J connectivity index is 2.58. The fourth-order valence-electron chi connectivity index (χ4n) is 1.18. The molecule has 12 nitrogen and oxygen atoms in total. The van der Waals surface area contributed by atoms with E-state index in [-0.39, 0.29) is 0 Å². The van der Waals surface area contributed by atoms with Gasteiger partial charge in [0.25, 0.3) is 11.1 Å². The van der Waals surface area contributed by atoms with Gasteiger partial charge in [0, 0.05) is 0 Å². The summed E-state index contributed by atoms with van der Waals surface area (Å²) in [5.74, 6) is -4.46. The minimum Gasteiger partial charge on any atom is -0.475 e. The van der Waals surface area contributed by atoms with Crippen molar-refractivity contribution in [1.82, 2.24) is 30.4 Å². The molecule has 0 spiro atoms. The number of aromatic amines is 2. The van der Waals surface area contributed by atoms with E-state index in [4.69, 9.17) is 10.2 Å². The van der Waals surface area contributed by atoms with Crippen LogP contribution in [-0.2, 0) is 0 Å². The molecule has 2 aromatic heterocycles. The second-order valence-corrected chi connectivity index (χ2v) is 3.31. The Morgan fingerprint density at radius 2 is 1.10 bits per heavy atom. The monoisotopic (exact) mass is 280 g/mol. The van der Waals surface area contributed by atoms with Gasteiger partial charge in [0.05, 0.1) is 0 Å². The molecule has 0 bridgehead atoms. The fourth-order valence-corrected chi connectivity index (χ4v) is 1.18. The number of carboxylic acid groups (broad SMARTS) is 2. The lowest BCUT2D eigenvalue weighted by atomic mass is 10.3. The summed E-state index contributed by atoms with van der Waals surface area (Å²) in [5, 5.41) is 30.0. The van der Waals surface area contributed by atoms with E-state index in [1.165, 1.54) is 0 Å². The van der Waals surface area contributed by atoms with E-state index in [1.807, 2.05) is 9.97 Å². The van der Waals surface area contributed by atoms with Crippen LogP contribution in [0.2, 0.25) is 0 Å². The van der Waals surface area contributed by atoms with E-state index in [1.54, 1.807) is 0 Å². The van der Waals surface area contributed by atoms with E-state index in [2.05, 4.69) is 20.4 Å². The van der Waals surface area contributed by atoms with Crippen molar-refractivity contribution in [3.63, 3.8) is 0 Å². The average molecular weight is 280 g/mol. The van der Waals surface area contributed by atoms with Gasteiger partial charge in [0.2, 0.25) is 11.6 Å². The van der Waals surface area contributed by atoms with E-state index >= 15 is 0 Å². The number of H-pyrrole nitrogens is 2. The van der Waals surface area contributed by atoms with Gasteiger partial charge in [-0.2, -0.15) is 0 Å². The molecule has 2 heterocycles. The highest BCUT2D eigenvalue weighted by molar-refractivity contribution is 5.83. The number of nitrogens with zero attached hydrogens (tertiary/aromatic N) is 4. The van der Waals surface area contributed by atoms with Crippen LogP contribution in [0.1, 0.15) is 21.2 Å². The van der Waals surface area contributed by atoms with Gasteiger partial charge in [-0.3, -0.25) is 19.6 Å². The molecule has 0 radical (unpaired) electrons. The normalized spacial score (nSPS) is 10.2. The van der Waals surface area contributed by atoms with Gasteiger partial charge >= 0.3 is 11.9 Å². The summed E-state index contributed by atoms with van der Waals surface area (Å²) in [6.07, 6.45) is 0. The fraction of sp³-hybridized carbons (Fsp3) is 0. The molecule has 0 saturated carbocycles. The van der Waals surface area contributed by atoms with E-state index in [0.717, 1.165) is 0 Å². The molecule has 0 aliphatic rings. The Morgan fingerprint density at radius 1 is 0.750 bits per heavy atom. The van der Waals surface area contributed by atoms with Gasteiger partial charge in [-0.15, -0.1) is 20.4 Å². The number of hydrogen-bond donors (Lipinski definition) is 4. The largest absolute Gasteiger partial charge is 0.475 e. The summed E-state index contributed by atoms with van der Waals surface area (Å²) in [6, 6.07) is 0. The van der Waals surface area contributed by atoms with Crippen molar-refractivity contribution in [3.8, 4) is 11.4 Å². The minimum absolute atomic E-state index is 0.583. The van der Waals surface area contributed by atoms with E-state index in [0.29, 0.717) is 0 Å². The van der Waals surface area contributed by atoms with Gasteiger partial charge in [-0.1, -0.05) is 0 Å². The standard InChI is InChI=1S/C8H4N6O6/c15-5-1(11-13-3(9-5)7(17)18)2-6(16)10-4(8(19)20)14-12-2/h(H,17,18)(H,19,20)(H,9,13,15)(H,10,14,16). The number of aromatic carboxylic acids is 2. The van der Waals surface area contributed by atoms with E-state index in [9.17, 15) is 19.2 Å².